The minimum absolute atomic E-state index is 0.0437. The molecule has 0 spiro atoms. The van der Waals surface area contributed by atoms with Crippen LogP contribution in [0.5, 0.6) is 0 Å². The number of benzene rings is 2. The van der Waals surface area contributed by atoms with Crippen LogP contribution >= 0.6 is 28.1 Å². The molecule has 5 nitrogen and oxygen atoms in total. The van der Waals surface area contributed by atoms with Crippen molar-refractivity contribution in [1.82, 2.24) is 9.88 Å². The molecule has 1 saturated heterocycles. The smallest absolute Gasteiger partial charge is 0.270 e. The molecule has 2 aromatic carbocycles. The molecule has 1 aromatic heterocycles. The maximum absolute atomic E-state index is 13.3. The van der Waals surface area contributed by atoms with E-state index in [1.54, 1.807) is 18.2 Å². The number of hydrogen-bond acceptors (Lipinski definition) is 3. The Morgan fingerprint density at radius 3 is 2.16 bits per heavy atom. The van der Waals surface area contributed by atoms with Gasteiger partial charge in [0.05, 0.1) is 5.69 Å². The number of carbonyl (C=O) groups excluding carboxylic acids is 2. The van der Waals surface area contributed by atoms with E-state index in [2.05, 4.69) is 57.9 Å². The molecule has 0 bridgehead atoms. The number of halogens is 1. The fraction of sp³-hybridized carbons (Fsp3) is 0.160. The number of anilines is 1. The summed E-state index contributed by atoms with van der Waals surface area (Å²) in [7, 11) is 0. The molecule has 162 valence electrons. The first kappa shape index (κ1) is 22.2. The summed E-state index contributed by atoms with van der Waals surface area (Å²) in [6.07, 6.45) is 1.65. The Labute approximate surface area is 200 Å². The zero-order valence-corrected chi connectivity index (χ0v) is 20.6. The largest absolute Gasteiger partial charge is 0.318 e. The Morgan fingerprint density at radius 2 is 1.53 bits per heavy atom. The minimum Gasteiger partial charge on any atom is -0.318 e. The number of aryl methyl sites for hydroxylation is 3. The molecule has 1 fully saturated rings. The number of aromatic nitrogens is 1. The number of hydrogen-bond donors (Lipinski definition) is 1. The van der Waals surface area contributed by atoms with Crippen molar-refractivity contribution < 1.29 is 9.59 Å². The topological polar surface area (TPSA) is 54.3 Å². The number of amides is 2. The Kier molecular flexibility index (Phi) is 5.88. The Hall–Kier alpha value is -3.03. The number of rotatable bonds is 3. The van der Waals surface area contributed by atoms with Crippen LogP contribution in [0.2, 0.25) is 0 Å². The van der Waals surface area contributed by atoms with Crippen LogP contribution in [0.1, 0.15) is 28.1 Å². The van der Waals surface area contributed by atoms with Crippen molar-refractivity contribution in [2.24, 2.45) is 0 Å². The van der Waals surface area contributed by atoms with Crippen molar-refractivity contribution in [2.45, 2.75) is 27.7 Å². The van der Waals surface area contributed by atoms with E-state index >= 15 is 0 Å². The lowest BCUT2D eigenvalue weighted by Crippen LogP contribution is -2.54. The molecular weight excluding hydrogens is 486 g/mol. The third-order valence-corrected chi connectivity index (χ3v) is 6.23. The van der Waals surface area contributed by atoms with Crippen LogP contribution in [0.3, 0.4) is 0 Å². The van der Waals surface area contributed by atoms with Crippen LogP contribution in [-0.4, -0.2) is 21.5 Å². The maximum Gasteiger partial charge on any atom is 0.270 e. The van der Waals surface area contributed by atoms with Gasteiger partial charge in [-0.2, -0.15) is 0 Å². The highest BCUT2D eigenvalue weighted by atomic mass is 79.9. The third kappa shape index (κ3) is 4.06. The molecule has 3 aromatic rings. The fourth-order valence-electron chi connectivity index (χ4n) is 4.05. The molecular formula is C25H22BrN3O2S. The van der Waals surface area contributed by atoms with Gasteiger partial charge in [-0.05, 0) is 105 Å². The third-order valence-electron chi connectivity index (χ3n) is 5.42. The van der Waals surface area contributed by atoms with E-state index in [4.69, 9.17) is 12.2 Å². The lowest BCUT2D eigenvalue weighted by molar-refractivity contribution is -0.122. The second kappa shape index (κ2) is 8.48. The molecule has 1 aliphatic heterocycles. The molecule has 4 rings (SSSR count). The quantitative estimate of drug-likeness (QED) is 0.297. The summed E-state index contributed by atoms with van der Waals surface area (Å²) in [5.74, 6) is -0.943. The first-order chi connectivity index (χ1) is 15.2. The van der Waals surface area contributed by atoms with Crippen LogP contribution < -0.4 is 10.2 Å². The van der Waals surface area contributed by atoms with Gasteiger partial charge >= 0.3 is 0 Å². The second-order valence-electron chi connectivity index (χ2n) is 7.94. The van der Waals surface area contributed by atoms with Crippen LogP contribution in [0, 0.1) is 27.7 Å². The van der Waals surface area contributed by atoms with Crippen LogP contribution in [0.25, 0.3) is 11.8 Å². The number of nitrogens with one attached hydrogen (secondary N) is 1. The van der Waals surface area contributed by atoms with E-state index in [-0.39, 0.29) is 10.7 Å². The zero-order chi connectivity index (χ0) is 23.2. The Balaban J connectivity index is 1.77. The van der Waals surface area contributed by atoms with Gasteiger partial charge in [0, 0.05) is 21.5 Å². The maximum atomic E-state index is 13.3. The summed E-state index contributed by atoms with van der Waals surface area (Å²) >= 11 is 8.67. The van der Waals surface area contributed by atoms with E-state index in [9.17, 15) is 9.59 Å². The molecule has 0 aliphatic carbocycles. The second-order valence-corrected chi connectivity index (χ2v) is 9.24. The van der Waals surface area contributed by atoms with Gasteiger partial charge in [0.1, 0.15) is 5.57 Å². The van der Waals surface area contributed by atoms with Crippen molar-refractivity contribution in [1.29, 1.82) is 0 Å². The van der Waals surface area contributed by atoms with E-state index < -0.39 is 11.8 Å². The van der Waals surface area contributed by atoms with Crippen LogP contribution in [0.15, 0.2) is 58.6 Å². The van der Waals surface area contributed by atoms with E-state index in [0.717, 1.165) is 27.1 Å². The van der Waals surface area contributed by atoms with Gasteiger partial charge in [-0.15, -0.1) is 0 Å². The van der Waals surface area contributed by atoms with Crippen molar-refractivity contribution in [3.63, 3.8) is 0 Å². The summed E-state index contributed by atoms with van der Waals surface area (Å²) in [5.41, 5.74) is 6.81. The molecule has 0 radical (unpaired) electrons. The van der Waals surface area contributed by atoms with E-state index in [0.29, 0.717) is 5.69 Å². The van der Waals surface area contributed by atoms with Crippen molar-refractivity contribution in [3.8, 4) is 5.69 Å². The SMILES string of the molecule is Cc1cc(C)cc(-n2c(C)cc(/C=C3\C(=O)NC(=S)N(c4ccc(Br)cc4)C3=O)c2C)c1. The Bertz CT molecular complexity index is 1290. The molecule has 2 heterocycles. The monoisotopic (exact) mass is 507 g/mol. The fourth-order valence-corrected chi connectivity index (χ4v) is 4.59. The van der Waals surface area contributed by atoms with Crippen molar-refractivity contribution in [3.05, 3.63) is 86.7 Å². The molecule has 1 N–H and O–H groups in total. The normalized spacial score (nSPS) is 15.5. The zero-order valence-electron chi connectivity index (χ0n) is 18.2. The van der Waals surface area contributed by atoms with Gasteiger partial charge < -0.3 is 4.57 Å². The average Bonchev–Trinajstić information content (AvgIpc) is 2.98. The predicted molar refractivity (Wildman–Crippen MR) is 135 cm³/mol. The molecule has 7 heteroatoms. The van der Waals surface area contributed by atoms with Crippen molar-refractivity contribution >= 4 is 56.8 Å². The Morgan fingerprint density at radius 1 is 0.906 bits per heavy atom. The van der Waals surface area contributed by atoms with Gasteiger partial charge in [0.2, 0.25) is 0 Å². The average molecular weight is 508 g/mol. The van der Waals surface area contributed by atoms with Gasteiger partial charge in [0.25, 0.3) is 11.8 Å². The number of thiocarbonyl (C=S) groups is 1. The lowest BCUT2D eigenvalue weighted by Gasteiger charge is -2.29. The first-order valence-corrected chi connectivity index (χ1v) is 11.3. The van der Waals surface area contributed by atoms with Crippen molar-refractivity contribution in [2.75, 3.05) is 4.90 Å². The molecule has 0 saturated carbocycles. The highest BCUT2D eigenvalue weighted by molar-refractivity contribution is 9.10. The number of nitrogens with zero attached hydrogens (tertiary/aromatic N) is 2. The first-order valence-electron chi connectivity index (χ1n) is 10.1. The summed E-state index contributed by atoms with van der Waals surface area (Å²) in [6, 6.07) is 15.5. The molecule has 32 heavy (non-hydrogen) atoms. The van der Waals surface area contributed by atoms with E-state index in [1.165, 1.54) is 16.0 Å². The summed E-state index contributed by atoms with van der Waals surface area (Å²) < 4.78 is 3.02. The highest BCUT2D eigenvalue weighted by Crippen LogP contribution is 2.27. The molecule has 0 unspecified atom stereocenters. The van der Waals surface area contributed by atoms with Gasteiger partial charge in [-0.25, -0.2) is 0 Å². The number of carbonyl (C=O) groups is 2. The molecule has 1 aliphatic rings. The van der Waals surface area contributed by atoms with Crippen LogP contribution in [0.4, 0.5) is 5.69 Å². The van der Waals surface area contributed by atoms with Gasteiger partial charge in [0.15, 0.2) is 5.11 Å². The standard InChI is InChI=1S/C25H22BrN3O2S/c1-14-9-15(2)11-21(10-14)28-16(3)12-18(17(28)4)13-22-23(30)27-25(32)29(24(22)31)20-7-5-19(26)6-8-20/h5-13H,1-4H3,(H,27,30,32)/b22-13+. The van der Waals surface area contributed by atoms with Gasteiger partial charge in [-0.3, -0.25) is 19.8 Å². The highest BCUT2D eigenvalue weighted by Gasteiger charge is 2.34. The minimum atomic E-state index is -0.496. The predicted octanol–water partition coefficient (Wildman–Crippen LogP) is 5.30. The van der Waals surface area contributed by atoms with E-state index in [1.807, 2.05) is 32.0 Å². The summed E-state index contributed by atoms with van der Waals surface area (Å²) in [4.78, 5) is 27.3. The molecule has 2 amide bonds. The summed E-state index contributed by atoms with van der Waals surface area (Å²) in [5, 5.41) is 2.71. The lowest BCUT2D eigenvalue weighted by atomic mass is 10.1. The van der Waals surface area contributed by atoms with Crippen LogP contribution in [-0.2, 0) is 9.59 Å². The van der Waals surface area contributed by atoms with Gasteiger partial charge in [-0.1, -0.05) is 22.0 Å². The molecule has 0 atom stereocenters. The summed E-state index contributed by atoms with van der Waals surface area (Å²) in [6.45, 7) is 8.13.